The van der Waals surface area contributed by atoms with Crippen molar-refractivity contribution < 1.29 is 0 Å². The highest BCUT2D eigenvalue weighted by atomic mass is 15.1. The minimum atomic E-state index is 0.454. The van der Waals surface area contributed by atoms with E-state index in [2.05, 4.69) is 90.8 Å². The summed E-state index contributed by atoms with van der Waals surface area (Å²) in [5, 5.41) is 0. The third-order valence-electron chi connectivity index (χ3n) is 6.34. The van der Waals surface area contributed by atoms with E-state index in [0.717, 1.165) is 32.4 Å². The normalized spacial score (nSPS) is 17.1. The topological polar surface area (TPSA) is 3.24 Å². The van der Waals surface area contributed by atoms with Crippen molar-refractivity contribution >= 4 is 6.08 Å². The Kier molecular flexibility index (Phi) is 4.62. The van der Waals surface area contributed by atoms with Gasteiger partial charge in [0.15, 0.2) is 0 Å². The Morgan fingerprint density at radius 2 is 1.57 bits per heavy atom. The molecule has 1 nitrogen and oxygen atoms in total. The highest BCUT2D eigenvalue weighted by Crippen LogP contribution is 2.47. The van der Waals surface area contributed by atoms with Crippen LogP contribution in [0, 0.1) is 0 Å². The molecule has 0 aromatic heterocycles. The monoisotopic (exact) mass is 365 g/mol. The molecule has 1 heteroatoms. The first-order valence-corrected chi connectivity index (χ1v) is 10.4. The number of rotatable bonds is 5. The van der Waals surface area contributed by atoms with Gasteiger partial charge in [-0.1, -0.05) is 84.4 Å². The van der Waals surface area contributed by atoms with Crippen LogP contribution in [0.4, 0.5) is 0 Å². The molecule has 0 aliphatic heterocycles. The minimum absolute atomic E-state index is 0.454. The van der Waals surface area contributed by atoms with Crippen molar-refractivity contribution in [1.29, 1.82) is 0 Å². The first kappa shape index (κ1) is 17.5. The lowest BCUT2D eigenvalue weighted by Crippen LogP contribution is -2.20. The van der Waals surface area contributed by atoms with E-state index in [0.29, 0.717) is 5.92 Å². The second kappa shape index (κ2) is 7.41. The van der Waals surface area contributed by atoms with Crippen LogP contribution in [0.3, 0.4) is 0 Å². The number of hydrogen-bond acceptors (Lipinski definition) is 1. The molecular formula is C27H27N. The molecule has 3 aromatic rings. The Balaban J connectivity index is 1.41. The molecule has 3 aromatic carbocycles. The molecule has 1 atom stereocenters. The maximum atomic E-state index is 2.47. The van der Waals surface area contributed by atoms with Crippen LogP contribution in [0.5, 0.6) is 0 Å². The molecule has 0 N–H and O–H groups in total. The molecule has 0 heterocycles. The van der Waals surface area contributed by atoms with Gasteiger partial charge in [0, 0.05) is 19.0 Å². The lowest BCUT2D eigenvalue weighted by molar-refractivity contribution is 0.330. The largest absolute Gasteiger partial charge is 0.302 e. The molecule has 1 unspecified atom stereocenters. The van der Waals surface area contributed by atoms with Gasteiger partial charge in [0.1, 0.15) is 0 Å². The molecule has 140 valence electrons. The highest BCUT2D eigenvalue weighted by Gasteiger charge is 2.32. The molecule has 0 bridgehead atoms. The lowest BCUT2D eigenvalue weighted by Gasteiger charge is -2.22. The van der Waals surface area contributed by atoms with Gasteiger partial charge in [0.05, 0.1) is 0 Å². The van der Waals surface area contributed by atoms with Crippen LogP contribution >= 0.6 is 0 Å². The van der Waals surface area contributed by atoms with E-state index in [1.54, 1.807) is 16.7 Å². The van der Waals surface area contributed by atoms with Crippen LogP contribution in [0.15, 0.2) is 78.4 Å². The standard InChI is InChI=1S/C27H27N/c1-28(19-20-8-3-2-4-9-20)17-16-24-18-23-12-7-11-22-15-14-21-10-5-6-13-25(21)27(24)26(22)23/h2-13,18,27H,14-17,19H2,1H3. The van der Waals surface area contributed by atoms with E-state index in [1.807, 2.05) is 0 Å². The predicted octanol–water partition coefficient (Wildman–Crippen LogP) is 5.84. The molecular weight excluding hydrogens is 338 g/mol. The molecule has 5 rings (SSSR count). The van der Waals surface area contributed by atoms with E-state index in [-0.39, 0.29) is 0 Å². The molecule has 0 saturated carbocycles. The Labute approximate surface area is 168 Å². The van der Waals surface area contributed by atoms with Gasteiger partial charge in [0.2, 0.25) is 0 Å². The molecule has 2 aliphatic carbocycles. The van der Waals surface area contributed by atoms with Crippen LogP contribution in [0.1, 0.15) is 45.7 Å². The number of aryl methyl sites for hydroxylation is 2. The van der Waals surface area contributed by atoms with Crippen LogP contribution < -0.4 is 0 Å². The second-order valence-corrected chi connectivity index (χ2v) is 8.24. The van der Waals surface area contributed by atoms with Gasteiger partial charge in [-0.3, -0.25) is 0 Å². The molecule has 28 heavy (non-hydrogen) atoms. The van der Waals surface area contributed by atoms with Crippen molar-refractivity contribution in [2.75, 3.05) is 13.6 Å². The molecule has 0 saturated heterocycles. The maximum Gasteiger partial charge on any atom is 0.0314 e. The first-order valence-electron chi connectivity index (χ1n) is 10.4. The van der Waals surface area contributed by atoms with E-state index in [9.17, 15) is 0 Å². The van der Waals surface area contributed by atoms with Gasteiger partial charge in [0.25, 0.3) is 0 Å². The summed E-state index contributed by atoms with van der Waals surface area (Å²) >= 11 is 0. The Morgan fingerprint density at radius 1 is 0.821 bits per heavy atom. The van der Waals surface area contributed by atoms with Gasteiger partial charge in [-0.15, -0.1) is 0 Å². The summed E-state index contributed by atoms with van der Waals surface area (Å²) in [6, 6.07) is 26.8. The van der Waals surface area contributed by atoms with Crippen molar-refractivity contribution in [3.8, 4) is 0 Å². The SMILES string of the molecule is CN(CCC1=Cc2cccc3c2C1c1ccccc1CC3)Cc1ccccc1. The van der Waals surface area contributed by atoms with E-state index in [4.69, 9.17) is 0 Å². The molecule has 2 aliphatic rings. The van der Waals surface area contributed by atoms with Crippen molar-refractivity contribution in [3.63, 3.8) is 0 Å². The maximum absolute atomic E-state index is 2.47. The lowest BCUT2D eigenvalue weighted by atomic mass is 9.84. The molecule has 0 spiro atoms. The van der Waals surface area contributed by atoms with E-state index < -0.39 is 0 Å². The van der Waals surface area contributed by atoms with E-state index in [1.165, 1.54) is 22.3 Å². The fourth-order valence-electron chi connectivity index (χ4n) is 4.98. The van der Waals surface area contributed by atoms with Crippen LogP contribution in [-0.2, 0) is 19.4 Å². The molecule has 0 fully saturated rings. The number of benzene rings is 3. The van der Waals surface area contributed by atoms with Crippen LogP contribution in [0.2, 0.25) is 0 Å². The fraction of sp³-hybridized carbons (Fsp3) is 0.259. The van der Waals surface area contributed by atoms with Gasteiger partial charge in [-0.25, -0.2) is 0 Å². The summed E-state index contributed by atoms with van der Waals surface area (Å²) in [6.45, 7) is 2.09. The van der Waals surface area contributed by atoms with Crippen molar-refractivity contribution in [1.82, 2.24) is 4.90 Å². The average molecular weight is 366 g/mol. The highest BCUT2D eigenvalue weighted by molar-refractivity contribution is 5.72. The number of nitrogens with zero attached hydrogens (tertiary/aromatic N) is 1. The number of fused-ring (bicyclic) bond motifs is 2. The first-order chi connectivity index (χ1) is 13.8. The Morgan fingerprint density at radius 3 is 2.46 bits per heavy atom. The predicted molar refractivity (Wildman–Crippen MR) is 118 cm³/mol. The zero-order valence-corrected chi connectivity index (χ0v) is 16.6. The quantitative estimate of drug-likeness (QED) is 0.549. The third kappa shape index (κ3) is 3.21. The van der Waals surface area contributed by atoms with Gasteiger partial charge >= 0.3 is 0 Å². The summed E-state index contributed by atoms with van der Waals surface area (Å²) in [4.78, 5) is 2.45. The van der Waals surface area contributed by atoms with Crippen LogP contribution in [-0.4, -0.2) is 18.5 Å². The zero-order valence-electron chi connectivity index (χ0n) is 16.6. The summed E-state index contributed by atoms with van der Waals surface area (Å²) in [7, 11) is 2.24. The smallest absolute Gasteiger partial charge is 0.0314 e. The number of hydrogen-bond donors (Lipinski definition) is 0. The fourth-order valence-corrected chi connectivity index (χ4v) is 4.98. The van der Waals surface area contributed by atoms with Crippen molar-refractivity contribution in [2.45, 2.75) is 31.7 Å². The van der Waals surface area contributed by atoms with E-state index >= 15 is 0 Å². The summed E-state index contributed by atoms with van der Waals surface area (Å²) < 4.78 is 0. The average Bonchev–Trinajstić information content (AvgIpc) is 3.01. The summed E-state index contributed by atoms with van der Waals surface area (Å²) in [6.07, 6.45) is 5.91. The summed E-state index contributed by atoms with van der Waals surface area (Å²) in [5.74, 6) is 0.454. The molecule has 0 radical (unpaired) electrons. The Hall–Kier alpha value is -2.64. The van der Waals surface area contributed by atoms with Gasteiger partial charge in [-0.05, 0) is 59.7 Å². The minimum Gasteiger partial charge on any atom is -0.302 e. The third-order valence-corrected chi connectivity index (χ3v) is 6.34. The zero-order chi connectivity index (χ0) is 18.9. The van der Waals surface area contributed by atoms with Crippen molar-refractivity contribution in [2.24, 2.45) is 0 Å². The Bertz CT molecular complexity index is 1020. The van der Waals surface area contributed by atoms with Crippen molar-refractivity contribution in [3.05, 3.63) is 112 Å². The second-order valence-electron chi connectivity index (χ2n) is 8.24. The van der Waals surface area contributed by atoms with Crippen LogP contribution in [0.25, 0.3) is 6.08 Å². The van der Waals surface area contributed by atoms with Gasteiger partial charge < -0.3 is 4.90 Å². The van der Waals surface area contributed by atoms with Gasteiger partial charge in [-0.2, -0.15) is 0 Å². The summed E-state index contributed by atoms with van der Waals surface area (Å²) in [5.41, 5.74) is 10.6. The molecule has 0 amide bonds.